The molecular formula is C16H23NO2. The summed E-state index contributed by atoms with van der Waals surface area (Å²) in [6.07, 6.45) is 1.79. The molecule has 0 aromatic heterocycles. The number of ether oxygens (including phenoxy) is 1. The Bertz CT molecular complexity index is 450. The summed E-state index contributed by atoms with van der Waals surface area (Å²) in [5, 5.41) is 0. The van der Waals surface area contributed by atoms with Gasteiger partial charge >= 0.3 is 6.09 Å². The SMILES string of the molecule is CC(C)(C)OC(=O)N1CCC[C@@]1(C)c1ccccc1. The molecule has 0 bridgehead atoms. The Morgan fingerprint density at radius 3 is 2.47 bits per heavy atom. The van der Waals surface area contributed by atoms with E-state index in [1.54, 1.807) is 0 Å². The van der Waals surface area contributed by atoms with Gasteiger partial charge in [-0.2, -0.15) is 0 Å². The molecule has 0 N–H and O–H groups in total. The van der Waals surface area contributed by atoms with Crippen LogP contribution in [0.3, 0.4) is 0 Å². The van der Waals surface area contributed by atoms with Crippen LogP contribution in [0.25, 0.3) is 0 Å². The van der Waals surface area contributed by atoms with Crippen LogP contribution >= 0.6 is 0 Å². The van der Waals surface area contributed by atoms with Gasteiger partial charge in [0.05, 0.1) is 5.54 Å². The van der Waals surface area contributed by atoms with Crippen molar-refractivity contribution >= 4 is 6.09 Å². The van der Waals surface area contributed by atoms with Crippen LogP contribution in [0.15, 0.2) is 30.3 Å². The topological polar surface area (TPSA) is 29.5 Å². The number of nitrogens with zero attached hydrogens (tertiary/aromatic N) is 1. The Morgan fingerprint density at radius 2 is 1.89 bits per heavy atom. The number of amides is 1. The number of likely N-dealkylation sites (tertiary alicyclic amines) is 1. The summed E-state index contributed by atoms with van der Waals surface area (Å²) in [5.41, 5.74) is 0.485. The molecule has 1 fully saturated rings. The van der Waals surface area contributed by atoms with E-state index in [2.05, 4.69) is 19.1 Å². The number of rotatable bonds is 1. The summed E-state index contributed by atoms with van der Waals surface area (Å²) in [6.45, 7) is 8.60. The van der Waals surface area contributed by atoms with Crippen molar-refractivity contribution in [2.45, 2.75) is 51.7 Å². The summed E-state index contributed by atoms with van der Waals surface area (Å²) in [6, 6.07) is 10.2. The molecule has 2 rings (SSSR count). The zero-order chi connectivity index (χ0) is 14.1. The summed E-state index contributed by atoms with van der Waals surface area (Å²) in [4.78, 5) is 14.2. The van der Waals surface area contributed by atoms with Crippen molar-refractivity contribution in [2.75, 3.05) is 6.54 Å². The lowest BCUT2D eigenvalue weighted by atomic mass is 9.89. The fourth-order valence-corrected chi connectivity index (χ4v) is 2.67. The molecule has 3 nitrogen and oxygen atoms in total. The molecule has 1 aromatic rings. The second kappa shape index (κ2) is 4.87. The first-order valence-electron chi connectivity index (χ1n) is 6.89. The molecule has 1 aromatic carbocycles. The van der Waals surface area contributed by atoms with Gasteiger partial charge < -0.3 is 4.74 Å². The van der Waals surface area contributed by atoms with Gasteiger partial charge in [0.1, 0.15) is 5.60 Å². The highest BCUT2D eigenvalue weighted by Crippen LogP contribution is 2.39. The second-order valence-electron chi connectivity index (χ2n) is 6.38. The van der Waals surface area contributed by atoms with Crippen LogP contribution in [0.4, 0.5) is 4.79 Å². The third kappa shape index (κ3) is 2.91. The van der Waals surface area contributed by atoms with Gasteiger partial charge in [-0.3, -0.25) is 4.90 Å². The Morgan fingerprint density at radius 1 is 1.26 bits per heavy atom. The van der Waals surface area contributed by atoms with Gasteiger partial charge in [-0.05, 0) is 46.1 Å². The molecule has 19 heavy (non-hydrogen) atoms. The van der Waals surface area contributed by atoms with E-state index in [1.807, 2.05) is 43.9 Å². The molecule has 104 valence electrons. The molecule has 1 atom stereocenters. The van der Waals surface area contributed by atoms with Crippen LogP contribution in [0.2, 0.25) is 0 Å². The number of hydrogen-bond acceptors (Lipinski definition) is 2. The van der Waals surface area contributed by atoms with E-state index < -0.39 is 5.60 Å². The maximum atomic E-state index is 12.4. The van der Waals surface area contributed by atoms with Crippen LogP contribution in [0.5, 0.6) is 0 Å². The van der Waals surface area contributed by atoms with Crippen molar-refractivity contribution in [3.8, 4) is 0 Å². The summed E-state index contributed by atoms with van der Waals surface area (Å²) in [5.74, 6) is 0. The average Bonchev–Trinajstić information content (AvgIpc) is 2.72. The van der Waals surface area contributed by atoms with Crippen molar-refractivity contribution in [3.05, 3.63) is 35.9 Å². The first-order valence-corrected chi connectivity index (χ1v) is 6.89. The second-order valence-corrected chi connectivity index (χ2v) is 6.38. The summed E-state index contributed by atoms with van der Waals surface area (Å²) < 4.78 is 5.53. The van der Waals surface area contributed by atoms with E-state index in [9.17, 15) is 4.79 Å². The third-order valence-corrected chi connectivity index (χ3v) is 3.65. The van der Waals surface area contributed by atoms with Gasteiger partial charge in [0.15, 0.2) is 0 Å². The summed E-state index contributed by atoms with van der Waals surface area (Å²) in [7, 11) is 0. The molecule has 1 aliphatic rings. The van der Waals surface area contributed by atoms with Gasteiger partial charge in [0.2, 0.25) is 0 Å². The Labute approximate surface area is 115 Å². The molecule has 3 heteroatoms. The standard InChI is InChI=1S/C16H23NO2/c1-15(2,3)19-14(18)17-12-8-11-16(17,4)13-9-6-5-7-10-13/h5-7,9-10H,8,11-12H2,1-4H3/t16-/m0/s1. The number of benzene rings is 1. The molecule has 1 aliphatic heterocycles. The van der Waals surface area contributed by atoms with E-state index in [0.29, 0.717) is 0 Å². The van der Waals surface area contributed by atoms with Crippen molar-refractivity contribution in [1.29, 1.82) is 0 Å². The van der Waals surface area contributed by atoms with Crippen LogP contribution in [0.1, 0.15) is 46.1 Å². The lowest BCUT2D eigenvalue weighted by Gasteiger charge is -2.36. The average molecular weight is 261 g/mol. The van der Waals surface area contributed by atoms with Crippen molar-refractivity contribution in [1.82, 2.24) is 4.90 Å². The molecule has 1 saturated heterocycles. The smallest absolute Gasteiger partial charge is 0.411 e. The monoisotopic (exact) mass is 261 g/mol. The molecule has 0 spiro atoms. The van der Waals surface area contributed by atoms with E-state index in [1.165, 1.54) is 5.56 Å². The third-order valence-electron chi connectivity index (χ3n) is 3.65. The molecule has 0 unspecified atom stereocenters. The fraction of sp³-hybridized carbons (Fsp3) is 0.562. The highest BCUT2D eigenvalue weighted by Gasteiger charge is 2.42. The Hall–Kier alpha value is -1.51. The zero-order valence-corrected chi connectivity index (χ0v) is 12.3. The largest absolute Gasteiger partial charge is 0.444 e. The fourth-order valence-electron chi connectivity index (χ4n) is 2.67. The van der Waals surface area contributed by atoms with Gasteiger partial charge in [0, 0.05) is 6.54 Å². The quantitative estimate of drug-likeness (QED) is 0.766. The van der Waals surface area contributed by atoms with E-state index >= 15 is 0 Å². The van der Waals surface area contributed by atoms with Crippen molar-refractivity contribution in [3.63, 3.8) is 0 Å². The maximum Gasteiger partial charge on any atom is 0.411 e. The molecular weight excluding hydrogens is 238 g/mol. The van der Waals surface area contributed by atoms with Crippen LogP contribution in [0, 0.1) is 0 Å². The predicted molar refractivity (Wildman–Crippen MR) is 76.0 cm³/mol. The minimum absolute atomic E-state index is 0.212. The first kappa shape index (κ1) is 13.9. The highest BCUT2D eigenvalue weighted by atomic mass is 16.6. The predicted octanol–water partition coefficient (Wildman–Crippen LogP) is 3.93. The molecule has 0 radical (unpaired) electrons. The van der Waals surface area contributed by atoms with Crippen LogP contribution in [-0.4, -0.2) is 23.1 Å². The van der Waals surface area contributed by atoms with E-state index in [4.69, 9.17) is 4.74 Å². The van der Waals surface area contributed by atoms with Gasteiger partial charge in [0.25, 0.3) is 0 Å². The lowest BCUT2D eigenvalue weighted by molar-refractivity contribution is 0.00994. The van der Waals surface area contributed by atoms with Crippen molar-refractivity contribution in [2.24, 2.45) is 0 Å². The van der Waals surface area contributed by atoms with Crippen LogP contribution in [-0.2, 0) is 10.3 Å². The zero-order valence-electron chi connectivity index (χ0n) is 12.3. The van der Waals surface area contributed by atoms with Gasteiger partial charge in [-0.1, -0.05) is 30.3 Å². The highest BCUT2D eigenvalue weighted by molar-refractivity contribution is 5.70. The maximum absolute atomic E-state index is 12.4. The number of carbonyl (C=O) groups is 1. The van der Waals surface area contributed by atoms with E-state index in [-0.39, 0.29) is 11.6 Å². The number of hydrogen-bond donors (Lipinski definition) is 0. The molecule has 1 heterocycles. The minimum atomic E-state index is -0.447. The molecule has 0 aliphatic carbocycles. The Balaban J connectivity index is 2.24. The van der Waals surface area contributed by atoms with Gasteiger partial charge in [-0.15, -0.1) is 0 Å². The van der Waals surface area contributed by atoms with Crippen molar-refractivity contribution < 1.29 is 9.53 Å². The molecule has 0 saturated carbocycles. The van der Waals surface area contributed by atoms with Crippen LogP contribution < -0.4 is 0 Å². The minimum Gasteiger partial charge on any atom is -0.444 e. The normalized spacial score (nSPS) is 23.5. The number of carbonyl (C=O) groups excluding carboxylic acids is 1. The lowest BCUT2D eigenvalue weighted by Crippen LogP contribution is -2.45. The summed E-state index contributed by atoms with van der Waals surface area (Å²) >= 11 is 0. The Kier molecular flexibility index (Phi) is 3.57. The van der Waals surface area contributed by atoms with Gasteiger partial charge in [-0.25, -0.2) is 4.79 Å². The first-order chi connectivity index (χ1) is 8.83. The molecule has 1 amide bonds. The van der Waals surface area contributed by atoms with E-state index in [0.717, 1.165) is 19.4 Å².